The Morgan fingerprint density at radius 3 is 2.71 bits per heavy atom. The Morgan fingerprint density at radius 2 is 2.00 bits per heavy atom. The molecule has 112 valence electrons. The van der Waals surface area contributed by atoms with E-state index in [-0.39, 0.29) is 16.7 Å². The van der Waals surface area contributed by atoms with Gasteiger partial charge < -0.3 is 5.73 Å². The molecule has 0 atom stereocenters. The van der Waals surface area contributed by atoms with E-state index >= 15 is 0 Å². The summed E-state index contributed by atoms with van der Waals surface area (Å²) in [6.45, 7) is 0. The molecule has 0 aliphatic heterocycles. The fourth-order valence-electron chi connectivity index (χ4n) is 1.55. The van der Waals surface area contributed by atoms with Gasteiger partial charge in [-0.15, -0.1) is 11.8 Å². The van der Waals surface area contributed by atoms with E-state index in [0.717, 1.165) is 4.90 Å². The Morgan fingerprint density at radius 1 is 1.24 bits per heavy atom. The fourth-order valence-corrected chi connectivity index (χ4v) is 4.09. The van der Waals surface area contributed by atoms with Crippen molar-refractivity contribution in [2.24, 2.45) is 0 Å². The highest BCUT2D eigenvalue weighted by Gasteiger charge is 2.11. The lowest BCUT2D eigenvalue weighted by atomic mass is 10.3. The van der Waals surface area contributed by atoms with Gasteiger partial charge in [0, 0.05) is 16.3 Å². The van der Waals surface area contributed by atoms with Crippen LogP contribution in [-0.2, 0) is 10.0 Å². The van der Waals surface area contributed by atoms with E-state index < -0.39 is 10.0 Å². The van der Waals surface area contributed by atoms with Crippen molar-refractivity contribution in [2.45, 2.75) is 4.90 Å². The predicted molar refractivity (Wildman–Crippen MR) is 88.2 cm³/mol. The number of rotatable bonds is 6. The minimum Gasteiger partial charge on any atom is -0.399 e. The molecular formula is C13H14ClN3O2S2. The third kappa shape index (κ3) is 5.45. The van der Waals surface area contributed by atoms with Crippen molar-refractivity contribution >= 4 is 44.9 Å². The van der Waals surface area contributed by atoms with Gasteiger partial charge in [0.1, 0.15) is 11.0 Å². The summed E-state index contributed by atoms with van der Waals surface area (Å²) in [6.07, 6.45) is 0. The van der Waals surface area contributed by atoms with Crippen molar-refractivity contribution in [1.29, 1.82) is 0 Å². The lowest BCUT2D eigenvalue weighted by Crippen LogP contribution is -2.18. The highest BCUT2D eigenvalue weighted by Crippen LogP contribution is 2.20. The first kappa shape index (κ1) is 15.9. The number of thioether (sulfide) groups is 1. The number of nitrogens with zero attached hydrogens (tertiary/aromatic N) is 1. The molecule has 0 unspecified atom stereocenters. The minimum atomic E-state index is -3.45. The second-order valence-corrected chi connectivity index (χ2v) is 7.58. The molecule has 0 saturated carbocycles. The number of nitrogen functional groups attached to an aromatic ring is 1. The SMILES string of the molecule is Nc1cccc(SCCS(=O)(=O)Nc2cccc(Cl)n2)c1. The summed E-state index contributed by atoms with van der Waals surface area (Å²) in [5.74, 6) is 0.608. The largest absolute Gasteiger partial charge is 0.399 e. The van der Waals surface area contributed by atoms with Crippen molar-refractivity contribution in [1.82, 2.24) is 4.98 Å². The van der Waals surface area contributed by atoms with E-state index in [1.54, 1.807) is 24.3 Å². The minimum absolute atomic E-state index is 0.0271. The monoisotopic (exact) mass is 343 g/mol. The Bertz CT molecular complexity index is 723. The highest BCUT2D eigenvalue weighted by atomic mass is 35.5. The van der Waals surface area contributed by atoms with Gasteiger partial charge in [0.05, 0.1) is 5.75 Å². The molecule has 8 heteroatoms. The molecule has 5 nitrogen and oxygen atoms in total. The zero-order chi connectivity index (χ0) is 15.3. The Labute approximate surface area is 133 Å². The van der Waals surface area contributed by atoms with Crippen LogP contribution in [0.2, 0.25) is 5.15 Å². The Kier molecular flexibility index (Phi) is 5.33. The molecule has 0 aliphatic carbocycles. The van der Waals surface area contributed by atoms with Crippen molar-refractivity contribution in [3.05, 3.63) is 47.6 Å². The third-order valence-corrected chi connectivity index (χ3v) is 5.18. The smallest absolute Gasteiger partial charge is 0.234 e. The van der Waals surface area contributed by atoms with Gasteiger partial charge in [-0.1, -0.05) is 23.7 Å². The van der Waals surface area contributed by atoms with Crippen LogP contribution in [0.4, 0.5) is 11.5 Å². The van der Waals surface area contributed by atoms with Crippen LogP contribution < -0.4 is 10.5 Å². The number of anilines is 2. The van der Waals surface area contributed by atoms with Crippen molar-refractivity contribution in [3.8, 4) is 0 Å². The molecule has 1 heterocycles. The molecule has 2 aromatic rings. The van der Waals surface area contributed by atoms with E-state index in [9.17, 15) is 8.42 Å². The molecular weight excluding hydrogens is 330 g/mol. The lowest BCUT2D eigenvalue weighted by Gasteiger charge is -2.07. The highest BCUT2D eigenvalue weighted by molar-refractivity contribution is 8.01. The summed E-state index contributed by atoms with van der Waals surface area (Å²) in [6, 6.07) is 12.1. The van der Waals surface area contributed by atoms with Crippen LogP contribution in [-0.4, -0.2) is 24.9 Å². The van der Waals surface area contributed by atoms with Crippen LogP contribution in [0.25, 0.3) is 0 Å². The predicted octanol–water partition coefficient (Wildman–Crippen LogP) is 2.85. The van der Waals surface area contributed by atoms with E-state index in [0.29, 0.717) is 11.4 Å². The van der Waals surface area contributed by atoms with E-state index in [1.807, 2.05) is 18.2 Å². The topological polar surface area (TPSA) is 85.1 Å². The normalized spacial score (nSPS) is 11.3. The molecule has 0 saturated heterocycles. The second kappa shape index (κ2) is 7.02. The maximum atomic E-state index is 11.9. The first-order valence-corrected chi connectivity index (χ1v) is 9.08. The van der Waals surface area contributed by atoms with Crippen LogP contribution in [0.3, 0.4) is 0 Å². The van der Waals surface area contributed by atoms with E-state index in [4.69, 9.17) is 17.3 Å². The molecule has 0 amide bonds. The zero-order valence-electron chi connectivity index (χ0n) is 11.0. The van der Waals surface area contributed by atoms with Gasteiger partial charge in [-0.25, -0.2) is 13.4 Å². The molecule has 0 spiro atoms. The molecule has 1 aromatic carbocycles. The second-order valence-electron chi connectivity index (χ2n) is 4.19. The quantitative estimate of drug-likeness (QED) is 0.478. The molecule has 21 heavy (non-hydrogen) atoms. The van der Waals surface area contributed by atoms with E-state index in [1.165, 1.54) is 11.8 Å². The number of hydrogen-bond donors (Lipinski definition) is 2. The molecule has 0 radical (unpaired) electrons. The average molecular weight is 344 g/mol. The van der Waals surface area contributed by atoms with E-state index in [2.05, 4.69) is 9.71 Å². The molecule has 3 N–H and O–H groups in total. The zero-order valence-corrected chi connectivity index (χ0v) is 13.4. The first-order valence-electron chi connectivity index (χ1n) is 6.06. The summed E-state index contributed by atoms with van der Waals surface area (Å²) in [5, 5.41) is 0.240. The molecule has 0 aliphatic rings. The van der Waals surface area contributed by atoms with Gasteiger partial charge >= 0.3 is 0 Å². The lowest BCUT2D eigenvalue weighted by molar-refractivity contribution is 0.602. The Balaban J connectivity index is 1.90. The molecule has 2 rings (SSSR count). The van der Waals surface area contributed by atoms with Crippen molar-refractivity contribution in [3.63, 3.8) is 0 Å². The molecule has 0 bridgehead atoms. The summed E-state index contributed by atoms with van der Waals surface area (Å²) in [7, 11) is -3.45. The summed E-state index contributed by atoms with van der Waals surface area (Å²) < 4.78 is 26.3. The maximum absolute atomic E-state index is 11.9. The van der Waals surface area contributed by atoms with Gasteiger partial charge in [0.15, 0.2) is 0 Å². The number of nitrogens with two attached hydrogens (primary N) is 1. The number of aromatic nitrogens is 1. The molecule has 0 fully saturated rings. The average Bonchev–Trinajstić information content (AvgIpc) is 2.38. The van der Waals surface area contributed by atoms with Gasteiger partial charge in [-0.2, -0.15) is 0 Å². The van der Waals surface area contributed by atoms with Gasteiger partial charge in [-0.05, 0) is 30.3 Å². The summed E-state index contributed by atoms with van der Waals surface area (Å²) in [5.41, 5.74) is 6.32. The molecule has 1 aromatic heterocycles. The van der Waals surface area contributed by atoms with Crippen LogP contribution in [0.5, 0.6) is 0 Å². The maximum Gasteiger partial charge on any atom is 0.234 e. The number of nitrogens with one attached hydrogen (secondary N) is 1. The third-order valence-electron chi connectivity index (χ3n) is 2.45. The number of pyridine rings is 1. The van der Waals surface area contributed by atoms with Crippen LogP contribution in [0.1, 0.15) is 0 Å². The van der Waals surface area contributed by atoms with Crippen LogP contribution in [0.15, 0.2) is 47.4 Å². The standard InChI is InChI=1S/C13H14ClN3O2S2/c14-12-5-2-6-13(16-12)17-21(18,19)8-7-20-11-4-1-3-10(15)9-11/h1-6,9H,7-8,15H2,(H,16,17). The summed E-state index contributed by atoms with van der Waals surface area (Å²) in [4.78, 5) is 4.82. The summed E-state index contributed by atoms with van der Waals surface area (Å²) >= 11 is 7.14. The van der Waals surface area contributed by atoms with Gasteiger partial charge in [0.25, 0.3) is 0 Å². The van der Waals surface area contributed by atoms with Crippen LogP contribution in [0, 0.1) is 0 Å². The van der Waals surface area contributed by atoms with Gasteiger partial charge in [0.2, 0.25) is 10.0 Å². The number of benzene rings is 1. The van der Waals surface area contributed by atoms with Crippen molar-refractivity contribution in [2.75, 3.05) is 22.0 Å². The fraction of sp³-hybridized carbons (Fsp3) is 0.154. The first-order chi connectivity index (χ1) is 9.94. The number of hydrogen-bond acceptors (Lipinski definition) is 5. The van der Waals surface area contributed by atoms with Crippen molar-refractivity contribution < 1.29 is 8.42 Å². The number of halogens is 1. The number of sulfonamides is 1. The van der Waals surface area contributed by atoms with Gasteiger partial charge in [-0.3, -0.25) is 4.72 Å². The Hall–Kier alpha value is -1.44. The van der Waals surface area contributed by atoms with Crippen LogP contribution >= 0.6 is 23.4 Å².